The number of piperidine rings is 1. The van der Waals surface area contributed by atoms with Crippen LogP contribution in [0.2, 0.25) is 0 Å². The third-order valence-electron chi connectivity index (χ3n) is 4.48. The van der Waals surface area contributed by atoms with E-state index < -0.39 is 0 Å². The molecule has 1 aromatic carbocycles. The second kappa shape index (κ2) is 6.01. The summed E-state index contributed by atoms with van der Waals surface area (Å²) >= 11 is 0. The number of benzene rings is 1. The SMILES string of the molecule is Oc1ccccc1-n1c(CC2CCCNC2)nc2cccnc21. The maximum atomic E-state index is 10.3. The van der Waals surface area contributed by atoms with E-state index in [2.05, 4.69) is 10.3 Å². The molecular weight excluding hydrogens is 288 g/mol. The van der Waals surface area contributed by atoms with Crippen molar-refractivity contribution < 1.29 is 5.11 Å². The van der Waals surface area contributed by atoms with Gasteiger partial charge in [-0.15, -0.1) is 0 Å². The molecule has 0 aliphatic carbocycles. The second-order valence-corrected chi connectivity index (χ2v) is 6.11. The fraction of sp³-hybridized carbons (Fsp3) is 0.333. The average Bonchev–Trinajstić information content (AvgIpc) is 2.94. The number of hydrogen-bond acceptors (Lipinski definition) is 4. The Balaban J connectivity index is 1.83. The summed E-state index contributed by atoms with van der Waals surface area (Å²) in [5.41, 5.74) is 2.41. The largest absolute Gasteiger partial charge is 0.506 e. The number of phenolic OH excluding ortho intramolecular Hbond substituents is 1. The molecule has 4 rings (SSSR count). The molecule has 3 heterocycles. The molecule has 23 heavy (non-hydrogen) atoms. The van der Waals surface area contributed by atoms with Crippen LogP contribution < -0.4 is 5.32 Å². The van der Waals surface area contributed by atoms with Gasteiger partial charge < -0.3 is 10.4 Å². The number of nitrogens with one attached hydrogen (secondary N) is 1. The van der Waals surface area contributed by atoms with Crippen molar-refractivity contribution in [3.8, 4) is 11.4 Å². The van der Waals surface area contributed by atoms with E-state index in [1.807, 2.05) is 34.9 Å². The zero-order valence-corrected chi connectivity index (χ0v) is 12.9. The van der Waals surface area contributed by atoms with Gasteiger partial charge in [0.1, 0.15) is 17.1 Å². The highest BCUT2D eigenvalue weighted by atomic mass is 16.3. The van der Waals surface area contributed by atoms with E-state index in [1.165, 1.54) is 12.8 Å². The highest BCUT2D eigenvalue weighted by Crippen LogP contribution is 2.28. The molecule has 2 aromatic heterocycles. The summed E-state index contributed by atoms with van der Waals surface area (Å²) in [5, 5.41) is 13.7. The van der Waals surface area contributed by atoms with Crippen LogP contribution in [0.4, 0.5) is 0 Å². The summed E-state index contributed by atoms with van der Waals surface area (Å²) in [6.45, 7) is 2.13. The van der Waals surface area contributed by atoms with Crippen LogP contribution in [-0.2, 0) is 6.42 Å². The Labute approximate surface area is 135 Å². The predicted octanol–water partition coefficient (Wildman–Crippen LogP) is 2.67. The van der Waals surface area contributed by atoms with Crippen molar-refractivity contribution in [3.05, 3.63) is 48.4 Å². The van der Waals surface area contributed by atoms with Crippen LogP contribution in [0.3, 0.4) is 0 Å². The maximum Gasteiger partial charge on any atom is 0.164 e. The zero-order valence-electron chi connectivity index (χ0n) is 12.9. The number of phenols is 1. The number of pyridine rings is 1. The van der Waals surface area contributed by atoms with E-state index >= 15 is 0 Å². The molecule has 2 N–H and O–H groups in total. The average molecular weight is 308 g/mol. The highest BCUT2D eigenvalue weighted by molar-refractivity contribution is 5.74. The molecule has 1 fully saturated rings. The van der Waals surface area contributed by atoms with Crippen LogP contribution in [0, 0.1) is 5.92 Å². The van der Waals surface area contributed by atoms with E-state index in [4.69, 9.17) is 4.98 Å². The van der Waals surface area contributed by atoms with Gasteiger partial charge in [0, 0.05) is 12.6 Å². The fourth-order valence-electron chi connectivity index (χ4n) is 3.36. The van der Waals surface area contributed by atoms with Crippen LogP contribution in [0.15, 0.2) is 42.6 Å². The normalized spacial score (nSPS) is 18.3. The molecule has 0 radical (unpaired) electrons. The Morgan fingerprint density at radius 1 is 1.22 bits per heavy atom. The Morgan fingerprint density at radius 2 is 2.13 bits per heavy atom. The summed E-state index contributed by atoms with van der Waals surface area (Å²) in [6, 6.07) is 11.2. The number of rotatable bonds is 3. The Bertz CT molecular complexity index is 821. The van der Waals surface area contributed by atoms with E-state index in [-0.39, 0.29) is 5.75 Å². The van der Waals surface area contributed by atoms with Crippen molar-refractivity contribution in [1.29, 1.82) is 0 Å². The molecule has 118 valence electrons. The topological polar surface area (TPSA) is 63.0 Å². The van der Waals surface area contributed by atoms with Gasteiger partial charge in [0.15, 0.2) is 5.65 Å². The first-order chi connectivity index (χ1) is 11.3. The minimum absolute atomic E-state index is 0.250. The number of imidazole rings is 1. The van der Waals surface area contributed by atoms with Crippen molar-refractivity contribution in [2.75, 3.05) is 13.1 Å². The minimum atomic E-state index is 0.250. The Hall–Kier alpha value is -2.40. The standard InChI is InChI=1S/C18H20N4O/c23-16-8-2-1-7-15(16)22-17(11-13-5-3-9-19-12-13)21-14-6-4-10-20-18(14)22/h1-2,4,6-8,10,13,19,23H,3,5,9,11-12H2. The molecule has 1 atom stereocenters. The van der Waals surface area contributed by atoms with Gasteiger partial charge in [-0.05, 0) is 56.1 Å². The maximum absolute atomic E-state index is 10.3. The summed E-state index contributed by atoms with van der Waals surface area (Å²) in [5.74, 6) is 1.79. The first kappa shape index (κ1) is 14.2. The summed E-state index contributed by atoms with van der Waals surface area (Å²) in [6.07, 6.45) is 5.08. The van der Waals surface area contributed by atoms with E-state index in [9.17, 15) is 5.11 Å². The lowest BCUT2D eigenvalue weighted by Gasteiger charge is -2.22. The number of aromatic hydroxyl groups is 1. The number of para-hydroxylation sites is 2. The molecule has 0 amide bonds. The van der Waals surface area contributed by atoms with Crippen molar-refractivity contribution in [2.24, 2.45) is 5.92 Å². The van der Waals surface area contributed by atoms with Gasteiger partial charge in [0.25, 0.3) is 0 Å². The predicted molar refractivity (Wildman–Crippen MR) is 89.8 cm³/mol. The molecule has 0 bridgehead atoms. The van der Waals surface area contributed by atoms with Crippen LogP contribution >= 0.6 is 0 Å². The van der Waals surface area contributed by atoms with Crippen LogP contribution in [0.25, 0.3) is 16.9 Å². The van der Waals surface area contributed by atoms with Crippen molar-refractivity contribution >= 4 is 11.2 Å². The molecule has 0 saturated carbocycles. The number of aromatic nitrogens is 3. The summed E-state index contributed by atoms with van der Waals surface area (Å²) in [7, 11) is 0. The summed E-state index contributed by atoms with van der Waals surface area (Å²) in [4.78, 5) is 9.27. The smallest absolute Gasteiger partial charge is 0.164 e. The molecule has 3 aromatic rings. The quantitative estimate of drug-likeness (QED) is 0.781. The van der Waals surface area contributed by atoms with Gasteiger partial charge in [-0.1, -0.05) is 12.1 Å². The van der Waals surface area contributed by atoms with Crippen LogP contribution in [0.1, 0.15) is 18.7 Å². The zero-order chi connectivity index (χ0) is 15.6. The molecule has 1 unspecified atom stereocenters. The number of fused-ring (bicyclic) bond motifs is 1. The lowest BCUT2D eigenvalue weighted by Crippen LogP contribution is -2.31. The lowest BCUT2D eigenvalue weighted by molar-refractivity contribution is 0.369. The molecule has 0 spiro atoms. The fourth-order valence-corrected chi connectivity index (χ4v) is 3.36. The highest BCUT2D eigenvalue weighted by Gasteiger charge is 2.20. The van der Waals surface area contributed by atoms with Crippen molar-refractivity contribution in [2.45, 2.75) is 19.3 Å². The third kappa shape index (κ3) is 2.68. The number of hydrogen-bond donors (Lipinski definition) is 2. The molecular formula is C18H20N4O. The molecule has 5 nitrogen and oxygen atoms in total. The van der Waals surface area contributed by atoms with Gasteiger partial charge in [0.2, 0.25) is 0 Å². The van der Waals surface area contributed by atoms with Gasteiger partial charge >= 0.3 is 0 Å². The minimum Gasteiger partial charge on any atom is -0.506 e. The second-order valence-electron chi connectivity index (χ2n) is 6.11. The first-order valence-corrected chi connectivity index (χ1v) is 8.14. The Morgan fingerprint density at radius 3 is 2.96 bits per heavy atom. The van der Waals surface area contributed by atoms with Crippen molar-refractivity contribution in [1.82, 2.24) is 19.9 Å². The Kier molecular flexibility index (Phi) is 3.71. The third-order valence-corrected chi connectivity index (χ3v) is 4.48. The van der Waals surface area contributed by atoms with E-state index in [0.29, 0.717) is 5.92 Å². The van der Waals surface area contributed by atoms with Crippen molar-refractivity contribution in [3.63, 3.8) is 0 Å². The first-order valence-electron chi connectivity index (χ1n) is 8.14. The van der Waals surface area contributed by atoms with Crippen LogP contribution in [0.5, 0.6) is 5.75 Å². The molecule has 1 aliphatic heterocycles. The molecule has 1 saturated heterocycles. The lowest BCUT2D eigenvalue weighted by atomic mass is 9.96. The van der Waals surface area contributed by atoms with Gasteiger partial charge in [-0.2, -0.15) is 0 Å². The van der Waals surface area contributed by atoms with Gasteiger partial charge in [0.05, 0.1) is 5.69 Å². The molecule has 5 heteroatoms. The van der Waals surface area contributed by atoms with E-state index in [0.717, 1.165) is 42.2 Å². The molecule has 1 aliphatic rings. The number of nitrogens with zero attached hydrogens (tertiary/aromatic N) is 3. The monoisotopic (exact) mass is 308 g/mol. The summed E-state index contributed by atoms with van der Waals surface area (Å²) < 4.78 is 2.00. The van der Waals surface area contributed by atoms with Gasteiger partial charge in [-0.3, -0.25) is 4.57 Å². The van der Waals surface area contributed by atoms with Gasteiger partial charge in [-0.25, -0.2) is 9.97 Å². The van der Waals surface area contributed by atoms with Crippen LogP contribution in [-0.4, -0.2) is 32.7 Å². The van der Waals surface area contributed by atoms with E-state index in [1.54, 1.807) is 12.3 Å².